The third kappa shape index (κ3) is 3.26. The van der Waals surface area contributed by atoms with Gasteiger partial charge in [-0.15, -0.1) is 0 Å². The number of hydrogen-bond donors (Lipinski definition) is 1. The van der Waals surface area contributed by atoms with Crippen LogP contribution in [0.15, 0.2) is 47.4 Å². The lowest BCUT2D eigenvalue weighted by atomic mass is 10.0. The van der Waals surface area contributed by atoms with E-state index in [9.17, 15) is 23.3 Å². The fraction of sp³-hybridized carbons (Fsp3) is 0.0714. The molecule has 23 heavy (non-hydrogen) atoms. The van der Waals surface area contributed by atoms with Crippen LogP contribution in [0.4, 0.5) is 5.69 Å². The molecule has 0 aliphatic rings. The number of nitro groups is 1. The van der Waals surface area contributed by atoms with Gasteiger partial charge < -0.3 is 0 Å². The highest BCUT2D eigenvalue weighted by molar-refractivity contribution is 7.89. The highest BCUT2D eigenvalue weighted by atomic mass is 32.2. The summed E-state index contributed by atoms with van der Waals surface area (Å²) in [5.41, 5.74) is -0.712. The Morgan fingerprint density at radius 1 is 1.13 bits per heavy atom. The number of para-hydroxylation sites is 1. The molecular formula is C14H11N2O6S. The Labute approximate surface area is 131 Å². The van der Waals surface area contributed by atoms with E-state index in [4.69, 9.17) is 0 Å². The summed E-state index contributed by atoms with van der Waals surface area (Å²) in [5, 5.41) is 11.3. The summed E-state index contributed by atoms with van der Waals surface area (Å²) >= 11 is 0. The molecule has 1 N–H and O–H groups in total. The fourth-order valence-electron chi connectivity index (χ4n) is 2.12. The molecule has 2 aromatic carbocycles. The van der Waals surface area contributed by atoms with E-state index in [1.807, 2.05) is 4.89 Å². The monoisotopic (exact) mass is 335 g/mol. The first-order valence-corrected chi connectivity index (χ1v) is 7.70. The minimum atomic E-state index is -4.04. The zero-order valence-corrected chi connectivity index (χ0v) is 12.7. The van der Waals surface area contributed by atoms with Crippen LogP contribution in [0.2, 0.25) is 0 Å². The molecule has 8 nitrogen and oxygen atoms in total. The SMILES string of the molecule is CONS(=O)(=O)c1ccccc1-c1cccc([C]=O)c1[N+](=O)[O-]. The van der Waals surface area contributed by atoms with Gasteiger partial charge in [0.05, 0.1) is 22.5 Å². The molecule has 0 heterocycles. The quantitative estimate of drug-likeness (QED) is 0.632. The standard InChI is InChI=1S/C14H11N2O6S/c1-22-15-23(20,21)13-8-3-2-6-11(13)12-7-4-5-10(9-17)14(12)16(18)19/h2-8,15H,1H3. The van der Waals surface area contributed by atoms with Gasteiger partial charge in [0.15, 0.2) is 0 Å². The molecule has 0 atom stereocenters. The first kappa shape index (κ1) is 16.7. The van der Waals surface area contributed by atoms with Gasteiger partial charge in [0.2, 0.25) is 6.29 Å². The van der Waals surface area contributed by atoms with Gasteiger partial charge in [0, 0.05) is 5.56 Å². The summed E-state index contributed by atoms with van der Waals surface area (Å²) in [5.74, 6) is 0. The zero-order chi connectivity index (χ0) is 17.0. The van der Waals surface area contributed by atoms with Crippen LogP contribution in [-0.2, 0) is 19.7 Å². The maximum absolute atomic E-state index is 12.2. The second-order valence-electron chi connectivity index (χ2n) is 4.35. The first-order chi connectivity index (χ1) is 10.9. The predicted molar refractivity (Wildman–Crippen MR) is 80.7 cm³/mol. The number of sulfonamides is 1. The predicted octanol–water partition coefficient (Wildman–Crippen LogP) is 1.56. The molecular weight excluding hydrogens is 324 g/mol. The van der Waals surface area contributed by atoms with Gasteiger partial charge in [0.25, 0.3) is 15.7 Å². The van der Waals surface area contributed by atoms with E-state index in [0.29, 0.717) is 0 Å². The Hall–Kier alpha value is -2.62. The third-order valence-corrected chi connectivity index (χ3v) is 4.31. The Morgan fingerprint density at radius 2 is 1.78 bits per heavy atom. The van der Waals surface area contributed by atoms with E-state index in [-0.39, 0.29) is 21.6 Å². The summed E-state index contributed by atoms with van der Waals surface area (Å²) in [6.07, 6.45) is 1.49. The number of benzene rings is 2. The topological polar surface area (TPSA) is 116 Å². The average Bonchev–Trinajstić information content (AvgIpc) is 2.54. The van der Waals surface area contributed by atoms with Crippen molar-refractivity contribution in [1.29, 1.82) is 0 Å². The molecule has 0 amide bonds. The molecule has 0 unspecified atom stereocenters. The van der Waals surface area contributed by atoms with E-state index in [1.54, 1.807) is 0 Å². The number of hydrogen-bond acceptors (Lipinski definition) is 6. The van der Waals surface area contributed by atoms with Crippen molar-refractivity contribution in [3.63, 3.8) is 0 Å². The summed E-state index contributed by atoms with van der Waals surface area (Å²) in [6.45, 7) is 0. The lowest BCUT2D eigenvalue weighted by Gasteiger charge is -2.11. The molecule has 9 heteroatoms. The van der Waals surface area contributed by atoms with Crippen molar-refractivity contribution in [3.8, 4) is 11.1 Å². The van der Waals surface area contributed by atoms with E-state index >= 15 is 0 Å². The zero-order valence-electron chi connectivity index (χ0n) is 11.8. The minimum absolute atomic E-state index is 0.00655. The highest BCUT2D eigenvalue weighted by Crippen LogP contribution is 2.35. The van der Waals surface area contributed by atoms with Crippen molar-refractivity contribution >= 4 is 22.0 Å². The Morgan fingerprint density at radius 3 is 2.39 bits per heavy atom. The van der Waals surface area contributed by atoms with Gasteiger partial charge in [-0.2, -0.15) is 0 Å². The summed E-state index contributed by atoms with van der Waals surface area (Å²) in [7, 11) is -2.91. The molecule has 0 spiro atoms. The molecule has 0 fully saturated rings. The van der Waals surface area contributed by atoms with Crippen LogP contribution in [0.3, 0.4) is 0 Å². The highest BCUT2D eigenvalue weighted by Gasteiger charge is 2.26. The van der Waals surface area contributed by atoms with Crippen LogP contribution in [-0.4, -0.2) is 26.7 Å². The molecule has 0 bridgehead atoms. The lowest BCUT2D eigenvalue weighted by Crippen LogP contribution is -2.23. The number of nitro benzene ring substituents is 1. The second kappa shape index (κ2) is 6.65. The van der Waals surface area contributed by atoms with Crippen LogP contribution in [0.5, 0.6) is 0 Å². The molecule has 0 saturated heterocycles. The van der Waals surface area contributed by atoms with E-state index in [2.05, 4.69) is 4.84 Å². The van der Waals surface area contributed by atoms with Crippen molar-refractivity contribution in [2.75, 3.05) is 7.11 Å². The first-order valence-electron chi connectivity index (χ1n) is 6.22. The van der Waals surface area contributed by atoms with Crippen LogP contribution < -0.4 is 4.89 Å². The third-order valence-electron chi connectivity index (χ3n) is 2.99. The molecule has 0 aliphatic carbocycles. The van der Waals surface area contributed by atoms with Crippen LogP contribution in [0.25, 0.3) is 11.1 Å². The molecule has 0 aliphatic heterocycles. The summed E-state index contributed by atoms with van der Waals surface area (Å²) < 4.78 is 24.4. The van der Waals surface area contributed by atoms with Crippen molar-refractivity contribution in [1.82, 2.24) is 4.89 Å². The Bertz CT molecular complexity index is 863. The number of nitrogens with one attached hydrogen (secondary N) is 1. The van der Waals surface area contributed by atoms with Crippen LogP contribution in [0.1, 0.15) is 5.56 Å². The molecule has 2 aromatic rings. The van der Waals surface area contributed by atoms with Gasteiger partial charge in [-0.05, 0) is 18.2 Å². The summed E-state index contributed by atoms with van der Waals surface area (Å²) in [4.78, 5) is 27.5. The van der Waals surface area contributed by atoms with Crippen LogP contribution >= 0.6 is 0 Å². The van der Waals surface area contributed by atoms with E-state index in [0.717, 1.165) is 7.11 Å². The molecule has 119 valence electrons. The average molecular weight is 335 g/mol. The van der Waals surface area contributed by atoms with E-state index < -0.39 is 20.6 Å². The van der Waals surface area contributed by atoms with Gasteiger partial charge in [0.1, 0.15) is 5.56 Å². The van der Waals surface area contributed by atoms with Gasteiger partial charge in [-0.25, -0.2) is 8.42 Å². The van der Waals surface area contributed by atoms with Gasteiger partial charge >= 0.3 is 0 Å². The van der Waals surface area contributed by atoms with Gasteiger partial charge in [-0.1, -0.05) is 29.2 Å². The lowest BCUT2D eigenvalue weighted by molar-refractivity contribution is -0.384. The number of rotatable bonds is 6. The number of carbonyl (C=O) groups excluding carboxylic acids is 1. The van der Waals surface area contributed by atoms with Crippen molar-refractivity contribution in [2.45, 2.75) is 4.90 Å². The maximum Gasteiger partial charge on any atom is 0.288 e. The molecule has 1 radical (unpaired) electrons. The largest absolute Gasteiger partial charge is 0.290 e. The van der Waals surface area contributed by atoms with Crippen molar-refractivity contribution in [3.05, 3.63) is 58.1 Å². The fourth-order valence-corrected chi connectivity index (χ4v) is 3.15. The maximum atomic E-state index is 12.2. The smallest absolute Gasteiger partial charge is 0.288 e. The van der Waals surface area contributed by atoms with Gasteiger partial charge in [-0.3, -0.25) is 19.7 Å². The minimum Gasteiger partial charge on any atom is -0.290 e. The second-order valence-corrected chi connectivity index (χ2v) is 5.96. The summed E-state index contributed by atoms with van der Waals surface area (Å²) in [6, 6.07) is 9.69. The van der Waals surface area contributed by atoms with Crippen LogP contribution in [0, 0.1) is 10.1 Å². The molecule has 0 aromatic heterocycles. The Balaban J connectivity index is 2.80. The normalized spacial score (nSPS) is 11.2. The molecule has 2 rings (SSSR count). The van der Waals surface area contributed by atoms with E-state index in [1.165, 1.54) is 48.8 Å². The number of nitrogens with zero attached hydrogens (tertiary/aromatic N) is 1. The van der Waals surface area contributed by atoms with Crippen molar-refractivity contribution in [2.24, 2.45) is 0 Å². The van der Waals surface area contributed by atoms with Crippen molar-refractivity contribution < 1.29 is 23.0 Å². The Kier molecular flexibility index (Phi) is 4.84. The molecule has 0 saturated carbocycles.